The summed E-state index contributed by atoms with van der Waals surface area (Å²) < 4.78 is 11.0. The predicted molar refractivity (Wildman–Crippen MR) is 124 cm³/mol. The van der Waals surface area contributed by atoms with Gasteiger partial charge in [0, 0.05) is 26.2 Å². The Labute approximate surface area is 186 Å². The molecule has 5 nitrogen and oxygen atoms in total. The molecule has 2 aromatic carbocycles. The summed E-state index contributed by atoms with van der Waals surface area (Å²) in [6.07, 6.45) is 0.782. The molecule has 3 unspecified atom stereocenters. The quantitative estimate of drug-likeness (QED) is 0.648. The lowest BCUT2D eigenvalue weighted by Crippen LogP contribution is -2.38. The van der Waals surface area contributed by atoms with Gasteiger partial charge in [-0.05, 0) is 54.0 Å². The number of benzene rings is 2. The van der Waals surface area contributed by atoms with Gasteiger partial charge in [-0.2, -0.15) is 0 Å². The Balaban J connectivity index is 1.51. The number of nitrogens with one attached hydrogen (secondary N) is 1. The number of nitrogens with zero attached hydrogens (tertiary/aromatic N) is 1. The summed E-state index contributed by atoms with van der Waals surface area (Å²) in [6, 6.07) is 16.1. The molecule has 1 amide bonds. The molecule has 1 aliphatic rings. The van der Waals surface area contributed by atoms with E-state index in [4.69, 9.17) is 9.47 Å². The van der Waals surface area contributed by atoms with Crippen LogP contribution >= 0.6 is 0 Å². The van der Waals surface area contributed by atoms with E-state index in [0.29, 0.717) is 13.2 Å². The maximum atomic E-state index is 12.6. The summed E-state index contributed by atoms with van der Waals surface area (Å²) in [6.45, 7) is 10.6. The Kier molecular flexibility index (Phi) is 8.50. The average molecular weight is 425 g/mol. The fourth-order valence-electron chi connectivity index (χ4n) is 4.43. The van der Waals surface area contributed by atoms with Gasteiger partial charge in [-0.1, -0.05) is 50.2 Å². The molecule has 31 heavy (non-hydrogen) atoms. The van der Waals surface area contributed by atoms with Crippen molar-refractivity contribution in [1.82, 2.24) is 10.2 Å². The zero-order valence-corrected chi connectivity index (χ0v) is 19.3. The van der Waals surface area contributed by atoms with Crippen LogP contribution in [0.5, 0.6) is 5.75 Å². The zero-order chi connectivity index (χ0) is 22.2. The van der Waals surface area contributed by atoms with Crippen molar-refractivity contribution in [3.63, 3.8) is 0 Å². The third-order valence-electron chi connectivity index (χ3n) is 5.91. The number of likely N-dealkylation sites (tertiary alicyclic amines) is 1. The Hall–Kier alpha value is -2.37. The molecule has 0 saturated carbocycles. The standard InChI is InChI=1S/C26H36N2O3/c1-19-12-20(2)16-28(15-19)17-24-10-6-5-9-23(24)14-27-26(29)21(3)31-18-22-8-7-11-25(13-22)30-4/h5-11,13,19-21H,12,14-18H2,1-4H3,(H,27,29). The predicted octanol–water partition coefficient (Wildman–Crippen LogP) is 4.39. The van der Waals surface area contributed by atoms with E-state index in [1.54, 1.807) is 14.0 Å². The van der Waals surface area contributed by atoms with Gasteiger partial charge in [-0.15, -0.1) is 0 Å². The number of carbonyl (C=O) groups excluding carboxylic acids is 1. The van der Waals surface area contributed by atoms with Crippen LogP contribution in [0.4, 0.5) is 0 Å². The van der Waals surface area contributed by atoms with Crippen molar-refractivity contribution in [1.29, 1.82) is 0 Å². The van der Waals surface area contributed by atoms with Crippen molar-refractivity contribution < 1.29 is 14.3 Å². The lowest BCUT2D eigenvalue weighted by atomic mass is 9.91. The van der Waals surface area contributed by atoms with Crippen molar-refractivity contribution in [3.8, 4) is 5.75 Å². The lowest BCUT2D eigenvalue weighted by Gasteiger charge is -2.35. The fourth-order valence-corrected chi connectivity index (χ4v) is 4.43. The Morgan fingerprint density at radius 2 is 1.81 bits per heavy atom. The molecule has 1 heterocycles. The maximum absolute atomic E-state index is 12.6. The first-order valence-corrected chi connectivity index (χ1v) is 11.3. The van der Waals surface area contributed by atoms with Gasteiger partial charge in [0.25, 0.3) is 0 Å². The fraction of sp³-hybridized carbons (Fsp3) is 0.500. The van der Waals surface area contributed by atoms with Crippen LogP contribution in [-0.2, 0) is 29.2 Å². The molecule has 2 aromatic rings. The number of methoxy groups -OCH3 is 1. The molecule has 1 saturated heterocycles. The van der Waals surface area contributed by atoms with Gasteiger partial charge in [0.1, 0.15) is 11.9 Å². The first-order valence-electron chi connectivity index (χ1n) is 11.3. The highest BCUT2D eigenvalue weighted by molar-refractivity contribution is 5.80. The van der Waals surface area contributed by atoms with Crippen LogP contribution in [0.25, 0.3) is 0 Å². The van der Waals surface area contributed by atoms with E-state index in [1.807, 2.05) is 30.3 Å². The number of ether oxygens (including phenoxy) is 2. The van der Waals surface area contributed by atoms with Gasteiger partial charge < -0.3 is 14.8 Å². The van der Waals surface area contributed by atoms with Gasteiger partial charge in [-0.3, -0.25) is 9.69 Å². The summed E-state index contributed by atoms with van der Waals surface area (Å²) >= 11 is 0. The average Bonchev–Trinajstić information content (AvgIpc) is 2.76. The highest BCUT2D eigenvalue weighted by Gasteiger charge is 2.22. The molecule has 0 bridgehead atoms. The van der Waals surface area contributed by atoms with Crippen molar-refractivity contribution in [2.45, 2.75) is 53.0 Å². The van der Waals surface area contributed by atoms with E-state index in [2.05, 4.69) is 42.3 Å². The van der Waals surface area contributed by atoms with Gasteiger partial charge in [-0.25, -0.2) is 0 Å². The van der Waals surface area contributed by atoms with Crippen molar-refractivity contribution in [3.05, 3.63) is 65.2 Å². The summed E-state index contributed by atoms with van der Waals surface area (Å²) in [5, 5.41) is 3.05. The van der Waals surface area contributed by atoms with Crippen LogP contribution < -0.4 is 10.1 Å². The van der Waals surface area contributed by atoms with Crippen LogP contribution in [0.2, 0.25) is 0 Å². The minimum absolute atomic E-state index is 0.0992. The highest BCUT2D eigenvalue weighted by atomic mass is 16.5. The van der Waals surface area contributed by atoms with Gasteiger partial charge in [0.15, 0.2) is 0 Å². The molecule has 3 rings (SSSR count). The summed E-state index contributed by atoms with van der Waals surface area (Å²) in [4.78, 5) is 15.1. The third-order valence-corrected chi connectivity index (χ3v) is 5.91. The molecule has 1 N–H and O–H groups in total. The molecule has 3 atom stereocenters. The summed E-state index contributed by atoms with van der Waals surface area (Å²) in [5.41, 5.74) is 3.44. The zero-order valence-electron chi connectivity index (χ0n) is 19.3. The number of carbonyl (C=O) groups is 1. The molecular weight excluding hydrogens is 388 g/mol. The SMILES string of the molecule is COc1cccc(COC(C)C(=O)NCc2ccccc2CN2CC(C)CC(C)C2)c1. The Morgan fingerprint density at radius 1 is 1.10 bits per heavy atom. The van der Waals surface area contributed by atoms with E-state index in [-0.39, 0.29) is 5.91 Å². The second-order valence-electron chi connectivity index (χ2n) is 8.93. The van der Waals surface area contributed by atoms with Crippen molar-refractivity contribution >= 4 is 5.91 Å². The van der Waals surface area contributed by atoms with Crippen LogP contribution in [0.1, 0.15) is 43.9 Å². The first kappa shape index (κ1) is 23.3. The van der Waals surface area contributed by atoms with Crippen molar-refractivity contribution in [2.75, 3.05) is 20.2 Å². The van der Waals surface area contributed by atoms with Crippen molar-refractivity contribution in [2.24, 2.45) is 11.8 Å². The Morgan fingerprint density at radius 3 is 2.52 bits per heavy atom. The van der Waals surface area contributed by atoms with Gasteiger partial charge >= 0.3 is 0 Å². The highest BCUT2D eigenvalue weighted by Crippen LogP contribution is 2.23. The van der Waals surface area contributed by atoms with E-state index in [0.717, 1.165) is 42.8 Å². The monoisotopic (exact) mass is 424 g/mol. The topological polar surface area (TPSA) is 50.8 Å². The molecule has 0 aromatic heterocycles. The third kappa shape index (κ3) is 7.08. The number of hydrogen-bond donors (Lipinski definition) is 1. The molecular formula is C26H36N2O3. The molecule has 1 aliphatic heterocycles. The van der Waals surface area contributed by atoms with Crippen LogP contribution in [-0.4, -0.2) is 37.1 Å². The Bertz CT molecular complexity index is 844. The normalized spacial score (nSPS) is 20.3. The molecule has 0 aliphatic carbocycles. The van der Waals surface area contributed by atoms with Gasteiger partial charge in [0.05, 0.1) is 13.7 Å². The van der Waals surface area contributed by atoms with E-state index < -0.39 is 6.10 Å². The minimum Gasteiger partial charge on any atom is -0.497 e. The molecule has 0 radical (unpaired) electrons. The van der Waals surface area contributed by atoms with Crippen LogP contribution in [0.15, 0.2) is 48.5 Å². The van der Waals surface area contributed by atoms with E-state index in [9.17, 15) is 4.79 Å². The second kappa shape index (κ2) is 11.3. The van der Waals surface area contributed by atoms with Crippen LogP contribution in [0.3, 0.4) is 0 Å². The summed E-state index contributed by atoms with van der Waals surface area (Å²) in [5.74, 6) is 2.15. The number of piperidine rings is 1. The first-order chi connectivity index (χ1) is 14.9. The number of hydrogen-bond acceptors (Lipinski definition) is 4. The maximum Gasteiger partial charge on any atom is 0.249 e. The molecule has 1 fully saturated rings. The minimum atomic E-state index is -0.526. The summed E-state index contributed by atoms with van der Waals surface area (Å²) in [7, 11) is 1.64. The number of amides is 1. The molecule has 168 valence electrons. The largest absolute Gasteiger partial charge is 0.497 e. The molecule has 5 heteroatoms. The van der Waals surface area contributed by atoms with E-state index in [1.165, 1.54) is 17.5 Å². The van der Waals surface area contributed by atoms with Gasteiger partial charge in [0.2, 0.25) is 5.91 Å². The lowest BCUT2D eigenvalue weighted by molar-refractivity contribution is -0.132. The molecule has 0 spiro atoms. The van der Waals surface area contributed by atoms with Crippen LogP contribution in [0, 0.1) is 11.8 Å². The second-order valence-corrected chi connectivity index (χ2v) is 8.93. The number of rotatable bonds is 9. The smallest absolute Gasteiger partial charge is 0.249 e. The van der Waals surface area contributed by atoms with E-state index >= 15 is 0 Å².